The zero-order valence-corrected chi connectivity index (χ0v) is 13.7. The predicted octanol–water partition coefficient (Wildman–Crippen LogP) is 1.12. The fourth-order valence-electron chi connectivity index (χ4n) is 1.40. The molecule has 0 atom stereocenters. The van der Waals surface area contributed by atoms with Gasteiger partial charge < -0.3 is 15.6 Å². The monoisotopic (exact) mass is 316 g/mol. The summed E-state index contributed by atoms with van der Waals surface area (Å²) in [5.74, 6) is 0.359. The van der Waals surface area contributed by atoms with E-state index in [4.69, 9.17) is 10.5 Å². The predicted molar refractivity (Wildman–Crippen MR) is 83.6 cm³/mol. The van der Waals surface area contributed by atoms with Crippen molar-refractivity contribution in [3.05, 3.63) is 24.3 Å². The molecule has 1 aromatic rings. The third-order valence-corrected chi connectivity index (χ3v) is 4.97. The summed E-state index contributed by atoms with van der Waals surface area (Å²) in [6.07, 6.45) is 0. The van der Waals surface area contributed by atoms with E-state index in [2.05, 4.69) is 4.72 Å². The fourth-order valence-corrected chi connectivity index (χ4v) is 2.83. The highest BCUT2D eigenvalue weighted by Gasteiger charge is 2.38. The molecular formula is C14H24N2O4S. The molecule has 0 saturated carbocycles. The topological polar surface area (TPSA) is 102 Å². The Morgan fingerprint density at radius 1 is 1.19 bits per heavy atom. The molecule has 0 fully saturated rings. The highest BCUT2D eigenvalue weighted by atomic mass is 32.2. The van der Waals surface area contributed by atoms with Crippen LogP contribution in [0.5, 0.6) is 5.75 Å². The molecule has 1 rings (SSSR count). The molecule has 120 valence electrons. The van der Waals surface area contributed by atoms with Crippen molar-refractivity contribution in [3.8, 4) is 5.75 Å². The minimum atomic E-state index is -3.56. The van der Waals surface area contributed by atoms with Crippen molar-refractivity contribution in [1.29, 1.82) is 0 Å². The number of sulfonamides is 1. The zero-order chi connectivity index (χ0) is 16.3. The van der Waals surface area contributed by atoms with Gasteiger partial charge in [0.25, 0.3) is 0 Å². The Labute approximate surface area is 126 Å². The van der Waals surface area contributed by atoms with E-state index in [0.29, 0.717) is 11.4 Å². The van der Waals surface area contributed by atoms with E-state index in [0.717, 1.165) is 0 Å². The first kappa shape index (κ1) is 17.7. The standard InChI is InChI=1S/C14H24N2O4S/c1-13(2,14(3,4)17)16-21(18,19)10-9-20-12-7-5-11(15)6-8-12/h5-8,16-17H,9-10,15H2,1-4H3. The summed E-state index contributed by atoms with van der Waals surface area (Å²) in [4.78, 5) is 0. The smallest absolute Gasteiger partial charge is 0.215 e. The van der Waals surface area contributed by atoms with Crippen molar-refractivity contribution in [2.45, 2.75) is 38.8 Å². The van der Waals surface area contributed by atoms with Crippen LogP contribution in [0.4, 0.5) is 5.69 Å². The number of benzene rings is 1. The van der Waals surface area contributed by atoms with Crippen LogP contribution in [0.2, 0.25) is 0 Å². The van der Waals surface area contributed by atoms with E-state index in [1.54, 1.807) is 52.0 Å². The molecule has 7 heteroatoms. The van der Waals surface area contributed by atoms with Crippen molar-refractivity contribution >= 4 is 15.7 Å². The molecule has 21 heavy (non-hydrogen) atoms. The average Bonchev–Trinajstić information content (AvgIpc) is 2.28. The lowest BCUT2D eigenvalue weighted by Gasteiger charge is -2.37. The molecule has 0 aromatic heterocycles. The van der Waals surface area contributed by atoms with Crippen molar-refractivity contribution in [3.63, 3.8) is 0 Å². The Bertz CT molecular complexity index is 560. The number of hydrogen-bond donors (Lipinski definition) is 3. The summed E-state index contributed by atoms with van der Waals surface area (Å²) >= 11 is 0. The Morgan fingerprint density at radius 3 is 2.19 bits per heavy atom. The quantitative estimate of drug-likeness (QED) is 0.654. The molecule has 0 saturated heterocycles. The van der Waals surface area contributed by atoms with Gasteiger partial charge in [-0.1, -0.05) is 0 Å². The fraction of sp³-hybridized carbons (Fsp3) is 0.571. The first-order chi connectivity index (χ1) is 9.43. The SMILES string of the molecule is CC(C)(O)C(C)(C)NS(=O)(=O)CCOc1ccc(N)cc1. The van der Waals surface area contributed by atoms with Gasteiger partial charge in [0, 0.05) is 5.69 Å². The van der Waals surface area contributed by atoms with Crippen LogP contribution >= 0.6 is 0 Å². The second-order valence-electron chi connectivity index (χ2n) is 6.02. The van der Waals surface area contributed by atoms with Gasteiger partial charge >= 0.3 is 0 Å². The molecule has 0 amide bonds. The molecule has 0 spiro atoms. The van der Waals surface area contributed by atoms with E-state index < -0.39 is 21.2 Å². The molecule has 0 aliphatic rings. The Hall–Kier alpha value is -1.31. The second kappa shape index (κ2) is 6.21. The Morgan fingerprint density at radius 2 is 1.71 bits per heavy atom. The van der Waals surface area contributed by atoms with Gasteiger partial charge in [-0.05, 0) is 52.0 Å². The second-order valence-corrected chi connectivity index (χ2v) is 7.86. The number of nitrogens with one attached hydrogen (secondary N) is 1. The van der Waals surface area contributed by atoms with Gasteiger partial charge in [-0.3, -0.25) is 0 Å². The third kappa shape index (κ3) is 5.53. The molecule has 6 nitrogen and oxygen atoms in total. The maximum absolute atomic E-state index is 12.0. The van der Waals surface area contributed by atoms with Crippen LogP contribution in [-0.4, -0.2) is 37.0 Å². The molecule has 0 aliphatic heterocycles. The highest BCUT2D eigenvalue weighted by Crippen LogP contribution is 2.21. The van der Waals surface area contributed by atoms with Gasteiger partial charge in [-0.2, -0.15) is 0 Å². The van der Waals surface area contributed by atoms with Crippen LogP contribution in [-0.2, 0) is 10.0 Å². The lowest BCUT2D eigenvalue weighted by atomic mass is 9.87. The van der Waals surface area contributed by atoms with E-state index in [9.17, 15) is 13.5 Å². The lowest BCUT2D eigenvalue weighted by molar-refractivity contribution is 0.00636. The summed E-state index contributed by atoms with van der Waals surface area (Å²) < 4.78 is 31.9. The minimum absolute atomic E-state index is 0.0151. The van der Waals surface area contributed by atoms with Crippen LogP contribution in [0.15, 0.2) is 24.3 Å². The number of anilines is 1. The van der Waals surface area contributed by atoms with Crippen molar-refractivity contribution in [2.75, 3.05) is 18.1 Å². The zero-order valence-electron chi connectivity index (χ0n) is 12.9. The molecular weight excluding hydrogens is 292 g/mol. The number of rotatable bonds is 7. The number of aliphatic hydroxyl groups is 1. The van der Waals surface area contributed by atoms with Gasteiger partial charge in [0.2, 0.25) is 10.0 Å². The van der Waals surface area contributed by atoms with Crippen LogP contribution in [0.3, 0.4) is 0 Å². The minimum Gasteiger partial charge on any atom is -0.492 e. The van der Waals surface area contributed by atoms with Crippen LogP contribution in [0.25, 0.3) is 0 Å². The average molecular weight is 316 g/mol. The summed E-state index contributed by atoms with van der Waals surface area (Å²) in [6.45, 7) is 6.39. The lowest BCUT2D eigenvalue weighted by Crippen LogP contribution is -2.58. The number of nitrogens with two attached hydrogens (primary N) is 1. The van der Waals surface area contributed by atoms with Crippen molar-refractivity contribution in [1.82, 2.24) is 4.72 Å². The normalized spacial score (nSPS) is 13.2. The van der Waals surface area contributed by atoms with Crippen LogP contribution in [0, 0.1) is 0 Å². The number of hydrogen-bond acceptors (Lipinski definition) is 5. The summed E-state index contributed by atoms with van der Waals surface area (Å²) in [6, 6.07) is 6.71. The highest BCUT2D eigenvalue weighted by molar-refractivity contribution is 7.89. The van der Waals surface area contributed by atoms with E-state index in [1.165, 1.54) is 0 Å². The molecule has 1 aromatic carbocycles. The van der Waals surface area contributed by atoms with Gasteiger partial charge in [-0.25, -0.2) is 13.1 Å². The van der Waals surface area contributed by atoms with Gasteiger partial charge in [0.1, 0.15) is 12.4 Å². The largest absolute Gasteiger partial charge is 0.492 e. The molecule has 0 unspecified atom stereocenters. The first-order valence-electron chi connectivity index (χ1n) is 6.65. The van der Waals surface area contributed by atoms with Crippen molar-refractivity contribution < 1.29 is 18.3 Å². The van der Waals surface area contributed by atoms with E-state index >= 15 is 0 Å². The summed E-state index contributed by atoms with van der Waals surface area (Å²) in [5.41, 5.74) is 4.00. The maximum atomic E-state index is 12.0. The summed E-state index contributed by atoms with van der Waals surface area (Å²) in [7, 11) is -3.56. The first-order valence-corrected chi connectivity index (χ1v) is 8.30. The van der Waals surface area contributed by atoms with Crippen LogP contribution in [0.1, 0.15) is 27.7 Å². The Kier molecular flexibility index (Phi) is 5.25. The van der Waals surface area contributed by atoms with Gasteiger partial charge in [0.15, 0.2) is 0 Å². The van der Waals surface area contributed by atoms with E-state index in [1.807, 2.05) is 0 Å². The summed E-state index contributed by atoms with van der Waals surface area (Å²) in [5, 5.41) is 9.97. The molecule has 0 heterocycles. The van der Waals surface area contributed by atoms with Gasteiger partial charge in [-0.15, -0.1) is 0 Å². The van der Waals surface area contributed by atoms with Crippen molar-refractivity contribution in [2.24, 2.45) is 0 Å². The number of nitrogen functional groups attached to an aromatic ring is 1. The number of ether oxygens (including phenoxy) is 1. The van der Waals surface area contributed by atoms with Gasteiger partial charge in [0.05, 0.1) is 16.9 Å². The molecule has 0 aliphatic carbocycles. The van der Waals surface area contributed by atoms with Crippen LogP contribution < -0.4 is 15.2 Å². The maximum Gasteiger partial charge on any atom is 0.215 e. The molecule has 0 bridgehead atoms. The third-order valence-electron chi connectivity index (χ3n) is 3.44. The Balaban J connectivity index is 2.56. The van der Waals surface area contributed by atoms with E-state index in [-0.39, 0.29) is 12.4 Å². The molecule has 4 N–H and O–H groups in total. The molecule has 0 radical (unpaired) electrons.